The quantitative estimate of drug-likeness (QED) is 0.199. The number of carbonyl (C=O) groups excluding carboxylic acids is 5. The Hall–Kier alpha value is -5.50. The Morgan fingerprint density at radius 2 is 1.72 bits per heavy atom. The molecule has 0 spiro atoms. The largest absolute Gasteiger partial charge is 0.391 e. The number of para-hydroxylation sites is 1. The molecular formula is C36H39N7O7. The van der Waals surface area contributed by atoms with Crippen LogP contribution in [0.25, 0.3) is 10.9 Å². The Labute approximate surface area is 287 Å². The second-order valence-electron chi connectivity index (χ2n) is 13.2. The average molecular weight is 682 g/mol. The number of aromatic nitrogens is 2. The molecule has 4 atom stereocenters. The van der Waals surface area contributed by atoms with Gasteiger partial charge in [-0.3, -0.25) is 24.0 Å². The van der Waals surface area contributed by atoms with Crippen LogP contribution in [0.5, 0.6) is 0 Å². The first-order valence-corrected chi connectivity index (χ1v) is 16.9. The molecular weight excluding hydrogens is 642 g/mol. The van der Waals surface area contributed by atoms with Crippen LogP contribution in [0.2, 0.25) is 0 Å². The van der Waals surface area contributed by atoms with Crippen LogP contribution in [0, 0.1) is 0 Å². The number of aliphatic hydroxyl groups is 1. The zero-order valence-corrected chi connectivity index (χ0v) is 27.3. The van der Waals surface area contributed by atoms with Gasteiger partial charge in [0.1, 0.15) is 24.7 Å². The maximum atomic E-state index is 14.3. The van der Waals surface area contributed by atoms with Gasteiger partial charge in [0, 0.05) is 68.0 Å². The highest BCUT2D eigenvalue weighted by Crippen LogP contribution is 2.39. The second kappa shape index (κ2) is 14.2. The summed E-state index contributed by atoms with van der Waals surface area (Å²) in [6, 6.07) is 15.1. The van der Waals surface area contributed by atoms with Gasteiger partial charge < -0.3 is 40.4 Å². The number of carbonyl (C=O) groups is 5. The molecule has 3 fully saturated rings. The van der Waals surface area contributed by atoms with E-state index in [2.05, 4.69) is 26.1 Å². The minimum atomic E-state index is -1.14. The van der Waals surface area contributed by atoms with Gasteiger partial charge >= 0.3 is 0 Å². The van der Waals surface area contributed by atoms with E-state index in [0.29, 0.717) is 5.69 Å². The number of amides is 5. The van der Waals surface area contributed by atoms with Gasteiger partial charge in [0.15, 0.2) is 0 Å². The molecule has 2 aromatic heterocycles. The molecule has 5 N–H and O–H groups in total. The van der Waals surface area contributed by atoms with Gasteiger partial charge in [0.25, 0.3) is 5.91 Å². The zero-order valence-electron chi connectivity index (χ0n) is 27.3. The number of hydrogen-bond acceptors (Lipinski definition) is 8. The summed E-state index contributed by atoms with van der Waals surface area (Å²) in [5.74, 6) is -2.66. The topological polar surface area (TPSA) is 190 Å². The number of aliphatic hydroxyl groups excluding tert-OH is 1. The Morgan fingerprint density at radius 1 is 0.940 bits per heavy atom. The Kier molecular flexibility index (Phi) is 9.35. The van der Waals surface area contributed by atoms with Crippen molar-refractivity contribution in [2.45, 2.75) is 62.3 Å². The Balaban J connectivity index is 1.21. The van der Waals surface area contributed by atoms with Crippen molar-refractivity contribution in [3.8, 4) is 0 Å². The number of aromatic amines is 1. The van der Waals surface area contributed by atoms with Crippen molar-refractivity contribution in [2.24, 2.45) is 0 Å². The summed E-state index contributed by atoms with van der Waals surface area (Å²) < 4.78 is 5.37. The van der Waals surface area contributed by atoms with Crippen LogP contribution in [0.4, 0.5) is 0 Å². The molecule has 1 saturated carbocycles. The normalized spacial score (nSPS) is 23.9. The average Bonchev–Trinajstić information content (AvgIpc) is 3.50. The van der Waals surface area contributed by atoms with Crippen LogP contribution in [-0.4, -0.2) is 105 Å². The van der Waals surface area contributed by atoms with E-state index in [9.17, 15) is 29.1 Å². The molecule has 7 rings (SSSR count). The number of rotatable bonds is 6. The highest BCUT2D eigenvalue weighted by atomic mass is 16.5. The van der Waals surface area contributed by atoms with Crippen molar-refractivity contribution in [1.82, 2.24) is 35.9 Å². The summed E-state index contributed by atoms with van der Waals surface area (Å²) in [5.41, 5.74) is 3.09. The predicted octanol–water partition coefficient (Wildman–Crippen LogP) is 1.02. The predicted molar refractivity (Wildman–Crippen MR) is 180 cm³/mol. The third kappa shape index (κ3) is 7.25. The Morgan fingerprint density at radius 3 is 2.52 bits per heavy atom. The molecule has 50 heavy (non-hydrogen) atoms. The fourth-order valence-electron chi connectivity index (χ4n) is 6.77. The van der Waals surface area contributed by atoms with Crippen molar-refractivity contribution in [3.63, 3.8) is 0 Å². The summed E-state index contributed by atoms with van der Waals surface area (Å²) in [6.45, 7) is -0.672. The van der Waals surface area contributed by atoms with E-state index in [1.165, 1.54) is 9.80 Å². The van der Waals surface area contributed by atoms with Gasteiger partial charge in [-0.25, -0.2) is 0 Å². The molecule has 0 bridgehead atoms. The lowest BCUT2D eigenvalue weighted by Crippen LogP contribution is -2.57. The summed E-state index contributed by atoms with van der Waals surface area (Å²) >= 11 is 0. The molecule has 4 heterocycles. The number of benzene rings is 2. The summed E-state index contributed by atoms with van der Waals surface area (Å²) in [4.78, 5) is 74.9. The van der Waals surface area contributed by atoms with E-state index in [4.69, 9.17) is 4.52 Å². The summed E-state index contributed by atoms with van der Waals surface area (Å²) in [5, 5.41) is 24.0. The first kappa shape index (κ1) is 33.0. The molecule has 14 nitrogen and oxygen atoms in total. The van der Waals surface area contributed by atoms with Crippen molar-refractivity contribution in [3.05, 3.63) is 89.4 Å². The minimum Gasteiger partial charge on any atom is -0.391 e. The fraction of sp³-hybridized carbons (Fsp3) is 0.389. The fourth-order valence-corrected chi connectivity index (χ4v) is 6.77. The van der Waals surface area contributed by atoms with E-state index in [-0.39, 0.29) is 50.6 Å². The third-order valence-corrected chi connectivity index (χ3v) is 9.55. The Bertz CT molecular complexity index is 1900. The highest BCUT2D eigenvalue weighted by molar-refractivity contribution is 5.97. The van der Waals surface area contributed by atoms with Gasteiger partial charge in [-0.1, -0.05) is 53.7 Å². The SMILES string of the molecule is O=C1CN(C(=O)c2cc(C3CC3)no2)CCNC(=O)[C@H](Cc2ccccc2)NC(=O)[C@@H]2C[C@@H](O)CN2C(=O)[C@@H](Cc2c[nH]c3ccccc23)N1. The molecule has 1 aliphatic carbocycles. The lowest BCUT2D eigenvalue weighted by atomic mass is 10.0. The van der Waals surface area contributed by atoms with E-state index < -0.39 is 60.3 Å². The molecule has 14 heteroatoms. The second-order valence-corrected chi connectivity index (χ2v) is 13.2. The van der Waals surface area contributed by atoms with Crippen LogP contribution in [-0.2, 0) is 32.0 Å². The van der Waals surface area contributed by atoms with Gasteiger partial charge in [-0.2, -0.15) is 0 Å². The van der Waals surface area contributed by atoms with Gasteiger partial charge in [0.05, 0.1) is 11.8 Å². The van der Waals surface area contributed by atoms with Crippen molar-refractivity contribution >= 4 is 40.4 Å². The first-order valence-electron chi connectivity index (χ1n) is 16.9. The molecule has 0 radical (unpaired) electrons. The van der Waals surface area contributed by atoms with E-state index in [1.54, 1.807) is 12.3 Å². The molecule has 3 aliphatic rings. The maximum Gasteiger partial charge on any atom is 0.293 e. The number of fused-ring (bicyclic) bond motifs is 2. The van der Waals surface area contributed by atoms with Gasteiger partial charge in [-0.15, -0.1) is 0 Å². The van der Waals surface area contributed by atoms with Crippen LogP contribution in [0.15, 0.2) is 71.4 Å². The van der Waals surface area contributed by atoms with E-state index in [0.717, 1.165) is 34.9 Å². The zero-order chi connectivity index (χ0) is 34.8. The first-order chi connectivity index (χ1) is 24.2. The van der Waals surface area contributed by atoms with Crippen molar-refractivity contribution in [2.75, 3.05) is 26.2 Å². The standard InChI is InChI=1S/C36H39N7O7/c44-24-16-30-34(47)40-28(14-21-6-2-1-3-7-21)33(46)37-12-13-42(36(49)31-17-27(41-50-31)22-10-11-22)20-32(45)39-29(35(48)43(30)19-24)15-23-18-38-26-9-5-4-8-25(23)26/h1-9,17-18,22,24,28-30,38,44H,10-16,19-20H2,(H,37,46)(H,39,45)(H,40,47)/t24-,28+,29-,30+/m1/s1. The van der Waals surface area contributed by atoms with Crippen LogP contribution in [0.3, 0.4) is 0 Å². The highest BCUT2D eigenvalue weighted by Gasteiger charge is 2.43. The lowest BCUT2D eigenvalue weighted by molar-refractivity contribution is -0.142. The van der Waals surface area contributed by atoms with Gasteiger partial charge in [-0.05, 0) is 30.0 Å². The van der Waals surface area contributed by atoms with Crippen molar-refractivity contribution in [1.29, 1.82) is 0 Å². The summed E-state index contributed by atoms with van der Waals surface area (Å²) in [6.07, 6.45) is 2.90. The van der Waals surface area contributed by atoms with Crippen molar-refractivity contribution < 1.29 is 33.6 Å². The number of hydrogen-bond donors (Lipinski definition) is 5. The smallest absolute Gasteiger partial charge is 0.293 e. The summed E-state index contributed by atoms with van der Waals surface area (Å²) in [7, 11) is 0. The van der Waals surface area contributed by atoms with Crippen LogP contribution < -0.4 is 16.0 Å². The molecule has 2 saturated heterocycles. The molecule has 2 aliphatic heterocycles. The monoisotopic (exact) mass is 681 g/mol. The molecule has 0 unspecified atom stereocenters. The third-order valence-electron chi connectivity index (χ3n) is 9.55. The number of nitrogens with zero attached hydrogens (tertiary/aromatic N) is 3. The molecule has 5 amide bonds. The molecule has 2 aromatic carbocycles. The maximum absolute atomic E-state index is 14.3. The van der Waals surface area contributed by atoms with Crippen LogP contribution >= 0.6 is 0 Å². The molecule has 4 aromatic rings. The number of H-pyrrole nitrogens is 1. The van der Waals surface area contributed by atoms with E-state index >= 15 is 0 Å². The van der Waals surface area contributed by atoms with Gasteiger partial charge in [0.2, 0.25) is 29.4 Å². The lowest BCUT2D eigenvalue weighted by Gasteiger charge is -2.29. The minimum absolute atomic E-state index is 0.0292. The number of nitrogens with one attached hydrogen (secondary N) is 4. The molecule has 260 valence electrons. The van der Waals surface area contributed by atoms with E-state index in [1.807, 2.05) is 54.6 Å². The van der Waals surface area contributed by atoms with Crippen LogP contribution in [0.1, 0.15) is 52.6 Å².